The summed E-state index contributed by atoms with van der Waals surface area (Å²) < 4.78 is 22.6. The van der Waals surface area contributed by atoms with E-state index in [2.05, 4.69) is 0 Å². The lowest BCUT2D eigenvalue weighted by Gasteiger charge is -2.17. The highest BCUT2D eigenvalue weighted by molar-refractivity contribution is 6.33. The van der Waals surface area contributed by atoms with Gasteiger partial charge in [0, 0.05) is 18.7 Å². The first-order valence-corrected chi connectivity index (χ1v) is 7.32. The van der Waals surface area contributed by atoms with Gasteiger partial charge in [0.1, 0.15) is 16.7 Å². The van der Waals surface area contributed by atoms with E-state index in [1.54, 1.807) is 9.36 Å². The second-order valence-electron chi connectivity index (χ2n) is 4.89. The lowest BCUT2D eigenvalue weighted by Crippen LogP contribution is -2.27. The molecule has 2 heterocycles. The van der Waals surface area contributed by atoms with E-state index in [-0.39, 0.29) is 26.9 Å². The minimum atomic E-state index is -0.594. The summed E-state index contributed by atoms with van der Waals surface area (Å²) in [6.07, 6.45) is 1.85. The standard InChI is InChI=1S/C14H13Cl2FN2O2/c1-21-11-6-8(10(17)7-9(11)15)12-13(16)18-4-2-3-5-19(18)14(12)20/h6-7H,2-5H2,1H3. The number of ether oxygens (including phenoxy) is 1. The molecule has 1 aromatic carbocycles. The molecule has 4 nitrogen and oxygen atoms in total. The summed E-state index contributed by atoms with van der Waals surface area (Å²) in [5.74, 6) is -0.291. The Morgan fingerprint density at radius 3 is 2.48 bits per heavy atom. The van der Waals surface area contributed by atoms with Crippen molar-refractivity contribution in [2.45, 2.75) is 25.9 Å². The lowest BCUT2D eigenvalue weighted by molar-refractivity contribution is 0.356. The summed E-state index contributed by atoms with van der Waals surface area (Å²) in [4.78, 5) is 12.5. The van der Waals surface area contributed by atoms with Gasteiger partial charge in [-0.25, -0.2) is 9.07 Å². The number of hydrogen-bond acceptors (Lipinski definition) is 2. The third-order valence-corrected chi connectivity index (χ3v) is 4.35. The molecule has 112 valence electrons. The van der Waals surface area contributed by atoms with Crippen molar-refractivity contribution < 1.29 is 9.13 Å². The Morgan fingerprint density at radius 1 is 1.19 bits per heavy atom. The van der Waals surface area contributed by atoms with Crippen LogP contribution >= 0.6 is 23.2 Å². The molecule has 21 heavy (non-hydrogen) atoms. The zero-order valence-corrected chi connectivity index (χ0v) is 12.8. The van der Waals surface area contributed by atoms with Crippen LogP contribution in [0.2, 0.25) is 10.2 Å². The molecule has 1 aromatic heterocycles. The Bertz CT molecular complexity index is 767. The van der Waals surface area contributed by atoms with Gasteiger partial charge in [0.15, 0.2) is 0 Å². The van der Waals surface area contributed by atoms with Crippen molar-refractivity contribution >= 4 is 23.2 Å². The topological polar surface area (TPSA) is 36.2 Å². The van der Waals surface area contributed by atoms with Crippen LogP contribution < -0.4 is 10.3 Å². The predicted molar refractivity (Wildman–Crippen MR) is 79.9 cm³/mol. The molecule has 0 aliphatic carbocycles. The molecule has 0 unspecified atom stereocenters. The van der Waals surface area contributed by atoms with Gasteiger partial charge >= 0.3 is 0 Å². The second-order valence-corrected chi connectivity index (χ2v) is 5.66. The summed E-state index contributed by atoms with van der Waals surface area (Å²) >= 11 is 12.2. The van der Waals surface area contributed by atoms with Crippen LogP contribution in [0.1, 0.15) is 12.8 Å². The number of fused-ring (bicyclic) bond motifs is 1. The number of methoxy groups -OCH3 is 1. The van der Waals surface area contributed by atoms with Crippen LogP contribution in [-0.4, -0.2) is 16.5 Å². The highest BCUT2D eigenvalue weighted by Crippen LogP contribution is 2.35. The Labute approximate surface area is 130 Å². The van der Waals surface area contributed by atoms with Crippen LogP contribution in [-0.2, 0) is 13.1 Å². The van der Waals surface area contributed by atoms with Crippen molar-refractivity contribution in [3.63, 3.8) is 0 Å². The molecular formula is C14H13Cl2FN2O2. The number of benzene rings is 1. The second kappa shape index (κ2) is 5.39. The van der Waals surface area contributed by atoms with Crippen molar-refractivity contribution in [2.24, 2.45) is 0 Å². The Hall–Kier alpha value is -1.46. The number of halogens is 3. The van der Waals surface area contributed by atoms with Crippen molar-refractivity contribution in [1.82, 2.24) is 9.36 Å². The monoisotopic (exact) mass is 330 g/mol. The summed E-state index contributed by atoms with van der Waals surface area (Å²) in [5, 5.41) is 0.405. The molecule has 2 aromatic rings. The SMILES string of the molecule is COc1cc(-c2c(Cl)n3n(c2=O)CCCC3)c(F)cc1Cl. The average Bonchev–Trinajstić information content (AvgIpc) is 2.72. The van der Waals surface area contributed by atoms with E-state index in [0.717, 1.165) is 18.9 Å². The summed E-state index contributed by atoms with van der Waals surface area (Å²) in [7, 11) is 1.43. The first kappa shape index (κ1) is 14.5. The zero-order chi connectivity index (χ0) is 15.1. The van der Waals surface area contributed by atoms with E-state index in [1.807, 2.05) is 0 Å². The highest BCUT2D eigenvalue weighted by atomic mass is 35.5. The molecule has 0 saturated heterocycles. The summed E-state index contributed by atoms with van der Waals surface area (Å²) in [6.45, 7) is 1.24. The zero-order valence-electron chi connectivity index (χ0n) is 11.3. The lowest BCUT2D eigenvalue weighted by atomic mass is 10.1. The summed E-state index contributed by atoms with van der Waals surface area (Å²) in [6, 6.07) is 2.54. The van der Waals surface area contributed by atoms with Gasteiger partial charge in [0.2, 0.25) is 0 Å². The van der Waals surface area contributed by atoms with E-state index >= 15 is 0 Å². The molecule has 0 saturated carbocycles. The molecule has 7 heteroatoms. The first-order valence-electron chi connectivity index (χ1n) is 6.57. The van der Waals surface area contributed by atoms with Crippen LogP contribution in [0.4, 0.5) is 4.39 Å². The fraction of sp³-hybridized carbons (Fsp3) is 0.357. The molecule has 1 aliphatic rings. The molecule has 0 radical (unpaired) electrons. The smallest absolute Gasteiger partial charge is 0.276 e. The van der Waals surface area contributed by atoms with E-state index in [4.69, 9.17) is 27.9 Å². The molecule has 0 atom stereocenters. The van der Waals surface area contributed by atoms with Crippen LogP contribution in [0.25, 0.3) is 11.1 Å². The van der Waals surface area contributed by atoms with Crippen molar-refractivity contribution in [3.05, 3.63) is 38.5 Å². The Morgan fingerprint density at radius 2 is 1.86 bits per heavy atom. The maximum Gasteiger partial charge on any atom is 0.276 e. The van der Waals surface area contributed by atoms with Gasteiger partial charge in [-0.3, -0.25) is 9.48 Å². The normalized spacial score (nSPS) is 14.1. The van der Waals surface area contributed by atoms with Crippen molar-refractivity contribution in [1.29, 1.82) is 0 Å². The maximum atomic E-state index is 14.2. The largest absolute Gasteiger partial charge is 0.495 e. The van der Waals surface area contributed by atoms with E-state index in [9.17, 15) is 9.18 Å². The molecule has 0 amide bonds. The fourth-order valence-electron chi connectivity index (χ4n) is 2.63. The van der Waals surface area contributed by atoms with Crippen LogP contribution in [0, 0.1) is 5.82 Å². The molecular weight excluding hydrogens is 318 g/mol. The molecule has 0 N–H and O–H groups in total. The van der Waals surface area contributed by atoms with Gasteiger partial charge < -0.3 is 4.74 Å². The number of hydrogen-bond donors (Lipinski definition) is 0. The van der Waals surface area contributed by atoms with Crippen molar-refractivity contribution in [3.8, 4) is 16.9 Å². The molecule has 3 rings (SSSR count). The van der Waals surface area contributed by atoms with Crippen molar-refractivity contribution in [2.75, 3.05) is 7.11 Å². The van der Waals surface area contributed by atoms with E-state index in [0.29, 0.717) is 18.8 Å². The van der Waals surface area contributed by atoms with Gasteiger partial charge in [0.05, 0.1) is 17.7 Å². The average molecular weight is 331 g/mol. The van der Waals surface area contributed by atoms with Gasteiger partial charge in [-0.2, -0.15) is 0 Å². The quantitative estimate of drug-likeness (QED) is 0.844. The number of rotatable bonds is 2. The maximum absolute atomic E-state index is 14.2. The minimum Gasteiger partial charge on any atom is -0.495 e. The van der Waals surface area contributed by atoms with E-state index in [1.165, 1.54) is 13.2 Å². The highest BCUT2D eigenvalue weighted by Gasteiger charge is 2.24. The minimum absolute atomic E-state index is 0.112. The van der Waals surface area contributed by atoms with Gasteiger partial charge in [-0.1, -0.05) is 23.2 Å². The van der Waals surface area contributed by atoms with Gasteiger partial charge in [-0.05, 0) is 25.0 Å². The Balaban J connectivity index is 2.27. The molecule has 0 fully saturated rings. The predicted octanol–water partition coefficient (Wildman–Crippen LogP) is 3.57. The van der Waals surface area contributed by atoms with Crippen LogP contribution in [0.5, 0.6) is 5.75 Å². The Kier molecular flexibility index (Phi) is 3.71. The van der Waals surface area contributed by atoms with Crippen LogP contribution in [0.3, 0.4) is 0 Å². The number of aromatic nitrogens is 2. The van der Waals surface area contributed by atoms with Crippen LogP contribution in [0.15, 0.2) is 16.9 Å². The molecule has 1 aliphatic heterocycles. The van der Waals surface area contributed by atoms with E-state index < -0.39 is 5.82 Å². The molecule has 0 spiro atoms. The summed E-state index contributed by atoms with van der Waals surface area (Å²) in [5.41, 5.74) is -0.0188. The third kappa shape index (κ3) is 2.24. The number of nitrogens with zero attached hydrogens (tertiary/aromatic N) is 2. The fourth-order valence-corrected chi connectivity index (χ4v) is 3.22. The first-order chi connectivity index (χ1) is 10.0. The molecule has 0 bridgehead atoms. The van der Waals surface area contributed by atoms with Gasteiger partial charge in [-0.15, -0.1) is 0 Å². The third-order valence-electron chi connectivity index (χ3n) is 3.67. The van der Waals surface area contributed by atoms with Gasteiger partial charge in [0.25, 0.3) is 5.56 Å².